The summed E-state index contributed by atoms with van der Waals surface area (Å²) in [7, 11) is 0. The zero-order valence-electron chi connectivity index (χ0n) is 19.9. The molecule has 0 spiro atoms. The van der Waals surface area contributed by atoms with Crippen LogP contribution in [-0.4, -0.2) is 94.0 Å². The van der Waals surface area contributed by atoms with Gasteiger partial charge in [0.1, 0.15) is 30.7 Å². The topological polar surface area (TPSA) is 117 Å². The zero-order chi connectivity index (χ0) is 24.8. The van der Waals surface area contributed by atoms with Gasteiger partial charge in [0, 0.05) is 25.2 Å². The number of morpholine rings is 2. The Labute approximate surface area is 227 Å². The van der Waals surface area contributed by atoms with E-state index >= 15 is 0 Å². The molecule has 0 aliphatic carbocycles. The predicted octanol–water partition coefficient (Wildman–Crippen LogP) is 1.95. The van der Waals surface area contributed by atoms with Gasteiger partial charge in [0.05, 0.1) is 50.7 Å². The molecule has 2 aliphatic heterocycles. The van der Waals surface area contributed by atoms with Crippen LogP contribution in [0, 0.1) is 21.2 Å². The molecule has 2 saturated heterocycles. The van der Waals surface area contributed by atoms with Gasteiger partial charge in [0.25, 0.3) is 0 Å². The average Bonchev–Trinajstić information content (AvgIpc) is 2.79. The Hall–Kier alpha value is -0.940. The summed E-state index contributed by atoms with van der Waals surface area (Å²) in [5.74, 6) is 3.37. The highest BCUT2D eigenvalue weighted by atomic mass is 127. The molecule has 4 rings (SSSR count). The normalized spacial score (nSPS) is 25.1. The number of hydrogen-bond donors (Lipinski definition) is 2. The third-order valence-electron chi connectivity index (χ3n) is 5.59. The van der Waals surface area contributed by atoms with Gasteiger partial charge in [-0.25, -0.2) is 19.9 Å². The summed E-state index contributed by atoms with van der Waals surface area (Å²) in [5, 5.41) is 18.3. The van der Waals surface area contributed by atoms with Crippen molar-refractivity contribution in [2.45, 2.75) is 52.0 Å². The molecule has 34 heavy (non-hydrogen) atoms. The van der Waals surface area contributed by atoms with Crippen molar-refractivity contribution in [2.24, 2.45) is 0 Å². The molecule has 0 bridgehead atoms. The van der Waals surface area contributed by atoms with Crippen molar-refractivity contribution in [3.05, 3.63) is 31.2 Å². The van der Waals surface area contributed by atoms with Gasteiger partial charge in [-0.15, -0.1) is 0 Å². The van der Waals surface area contributed by atoms with Crippen molar-refractivity contribution in [1.29, 1.82) is 0 Å². The van der Waals surface area contributed by atoms with Crippen LogP contribution in [0.15, 0.2) is 12.1 Å². The summed E-state index contributed by atoms with van der Waals surface area (Å²) in [6.07, 6.45) is -0.252. The van der Waals surface area contributed by atoms with Crippen molar-refractivity contribution in [2.75, 3.05) is 49.3 Å². The first-order chi connectivity index (χ1) is 16.2. The van der Waals surface area contributed by atoms with Crippen LogP contribution in [0.2, 0.25) is 0 Å². The van der Waals surface area contributed by atoms with E-state index in [1.54, 1.807) is 0 Å². The van der Waals surface area contributed by atoms with Crippen LogP contribution in [0.25, 0.3) is 0 Å². The van der Waals surface area contributed by atoms with Crippen LogP contribution in [0.1, 0.15) is 25.5 Å². The molecule has 2 N–H and O–H groups in total. The molecule has 188 valence electrons. The molecular weight excluding hydrogens is 666 g/mol. The largest absolute Gasteiger partial charge is 0.394 e. The van der Waals surface area contributed by atoms with Crippen LogP contribution >= 0.6 is 45.2 Å². The summed E-state index contributed by atoms with van der Waals surface area (Å²) in [5.41, 5.74) is 0. The molecule has 2 aromatic heterocycles. The maximum atomic E-state index is 9.17. The molecule has 12 heteroatoms. The highest BCUT2D eigenvalue weighted by Gasteiger charge is 2.28. The van der Waals surface area contributed by atoms with Gasteiger partial charge in [-0.3, -0.25) is 0 Å². The summed E-state index contributed by atoms with van der Waals surface area (Å²) in [4.78, 5) is 21.8. The van der Waals surface area contributed by atoms with Gasteiger partial charge in [-0.2, -0.15) is 0 Å². The molecule has 2 fully saturated rings. The SMILES string of the molecule is Cc1nc(I)cc(N2CC(CO)OCC2C)n1.Cc1nc(I)cc(N2CC(CO)OCC2C)n1. The third-order valence-corrected chi connectivity index (χ3v) is 6.70. The molecule has 4 atom stereocenters. The molecule has 2 aliphatic rings. The molecule has 0 amide bonds. The lowest BCUT2D eigenvalue weighted by atomic mass is 10.2. The Morgan fingerprint density at radius 3 is 1.50 bits per heavy atom. The minimum atomic E-state index is -0.126. The number of rotatable bonds is 4. The van der Waals surface area contributed by atoms with E-state index in [-0.39, 0.29) is 37.5 Å². The van der Waals surface area contributed by atoms with Crippen molar-refractivity contribution in [1.82, 2.24) is 19.9 Å². The second-order valence-corrected chi connectivity index (χ2v) is 10.7. The summed E-state index contributed by atoms with van der Waals surface area (Å²) < 4.78 is 12.9. The van der Waals surface area contributed by atoms with E-state index in [9.17, 15) is 0 Å². The van der Waals surface area contributed by atoms with E-state index in [0.717, 1.165) is 30.7 Å². The highest BCUT2D eigenvalue weighted by molar-refractivity contribution is 14.1. The number of aliphatic hydroxyl groups is 2. The summed E-state index contributed by atoms with van der Waals surface area (Å²) >= 11 is 4.38. The van der Waals surface area contributed by atoms with Crippen LogP contribution in [0.3, 0.4) is 0 Å². The molecule has 0 aromatic carbocycles. The molecule has 10 nitrogen and oxygen atoms in total. The van der Waals surface area contributed by atoms with E-state index in [0.29, 0.717) is 26.3 Å². The van der Waals surface area contributed by atoms with Crippen LogP contribution in [0.4, 0.5) is 11.6 Å². The minimum absolute atomic E-state index is 0.0460. The van der Waals surface area contributed by atoms with Gasteiger partial charge in [-0.1, -0.05) is 0 Å². The van der Waals surface area contributed by atoms with E-state index < -0.39 is 0 Å². The zero-order valence-corrected chi connectivity index (χ0v) is 24.2. The Morgan fingerprint density at radius 2 is 1.18 bits per heavy atom. The number of hydrogen-bond acceptors (Lipinski definition) is 10. The highest BCUT2D eigenvalue weighted by Crippen LogP contribution is 2.22. The van der Waals surface area contributed by atoms with E-state index in [1.807, 2.05) is 26.0 Å². The Kier molecular flexibility index (Phi) is 10.4. The summed E-state index contributed by atoms with van der Waals surface area (Å²) in [6.45, 7) is 10.6. The number of anilines is 2. The van der Waals surface area contributed by atoms with Crippen LogP contribution in [0.5, 0.6) is 0 Å². The quantitative estimate of drug-likeness (QED) is 0.363. The molecule has 0 saturated carbocycles. The van der Waals surface area contributed by atoms with Crippen molar-refractivity contribution >= 4 is 56.8 Å². The minimum Gasteiger partial charge on any atom is -0.394 e. The van der Waals surface area contributed by atoms with Crippen molar-refractivity contribution in [3.8, 4) is 0 Å². The van der Waals surface area contributed by atoms with Gasteiger partial charge in [-0.05, 0) is 72.9 Å². The standard InChI is InChI=1S/2C11H16IN3O2/c2*1-7-6-17-9(5-16)4-15(7)11-3-10(12)13-8(2)14-11/h2*3,7,9,16H,4-6H2,1-2H3. The smallest absolute Gasteiger partial charge is 0.133 e. The lowest BCUT2D eigenvalue weighted by molar-refractivity contribution is -0.0106. The second kappa shape index (κ2) is 12.9. The fourth-order valence-corrected chi connectivity index (χ4v) is 5.08. The monoisotopic (exact) mass is 698 g/mol. The first-order valence-electron chi connectivity index (χ1n) is 11.2. The maximum absolute atomic E-state index is 9.17. The number of ether oxygens (including phenoxy) is 2. The van der Waals surface area contributed by atoms with E-state index in [4.69, 9.17) is 19.7 Å². The number of halogens is 2. The van der Waals surface area contributed by atoms with Gasteiger partial charge in [0.2, 0.25) is 0 Å². The first-order valence-corrected chi connectivity index (χ1v) is 13.4. The molecule has 2 aromatic rings. The Balaban J connectivity index is 0.000000191. The van der Waals surface area contributed by atoms with Gasteiger partial charge >= 0.3 is 0 Å². The fraction of sp³-hybridized carbons (Fsp3) is 0.636. The number of aryl methyl sites for hydroxylation is 2. The second-order valence-electron chi connectivity index (χ2n) is 8.47. The van der Waals surface area contributed by atoms with E-state index in [1.165, 1.54) is 0 Å². The molecule has 4 heterocycles. The first kappa shape index (κ1) is 27.6. The lowest BCUT2D eigenvalue weighted by Gasteiger charge is -2.38. The number of aliphatic hydroxyl groups excluding tert-OH is 2. The van der Waals surface area contributed by atoms with Gasteiger partial charge in [0.15, 0.2) is 0 Å². The lowest BCUT2D eigenvalue weighted by Crippen LogP contribution is -2.50. The number of aromatic nitrogens is 4. The molecule has 4 unspecified atom stereocenters. The third kappa shape index (κ3) is 7.53. The van der Waals surface area contributed by atoms with E-state index in [2.05, 4.69) is 88.8 Å². The number of nitrogens with zero attached hydrogens (tertiary/aromatic N) is 6. The molecular formula is C22H32I2N6O4. The van der Waals surface area contributed by atoms with Crippen LogP contribution in [-0.2, 0) is 9.47 Å². The Bertz CT molecular complexity index is 840. The fourth-order valence-electron chi connectivity index (χ4n) is 3.82. The Morgan fingerprint density at radius 1 is 0.794 bits per heavy atom. The maximum Gasteiger partial charge on any atom is 0.133 e. The predicted molar refractivity (Wildman–Crippen MR) is 146 cm³/mol. The van der Waals surface area contributed by atoms with Crippen molar-refractivity contribution < 1.29 is 19.7 Å². The van der Waals surface area contributed by atoms with Crippen molar-refractivity contribution in [3.63, 3.8) is 0 Å². The summed E-state index contributed by atoms with van der Waals surface area (Å²) in [6, 6.07) is 4.46. The molecule has 0 radical (unpaired) electrons. The average molecular weight is 698 g/mol. The van der Waals surface area contributed by atoms with Gasteiger partial charge < -0.3 is 29.5 Å². The van der Waals surface area contributed by atoms with Crippen LogP contribution < -0.4 is 9.80 Å².